The predicted molar refractivity (Wildman–Crippen MR) is 122 cm³/mol. The van der Waals surface area contributed by atoms with Gasteiger partial charge in [0.15, 0.2) is 0 Å². The number of amides is 1. The molecular formula is C23H28N4O3S. The molecule has 0 saturated carbocycles. The van der Waals surface area contributed by atoms with E-state index < -0.39 is 10.0 Å². The summed E-state index contributed by atoms with van der Waals surface area (Å²) in [5, 5.41) is 2.88. The average Bonchev–Trinajstić information content (AvgIpc) is 3.11. The Morgan fingerprint density at radius 1 is 1.10 bits per heavy atom. The lowest BCUT2D eigenvalue weighted by molar-refractivity contribution is 0.102. The van der Waals surface area contributed by atoms with E-state index >= 15 is 0 Å². The van der Waals surface area contributed by atoms with Gasteiger partial charge >= 0.3 is 0 Å². The summed E-state index contributed by atoms with van der Waals surface area (Å²) in [6, 6.07) is 13.9. The Balaban J connectivity index is 1.53. The maximum Gasteiger partial charge on any atom is 0.257 e. The standard InChI is InChI=1S/C23H28N4O3S/c1-3-14-27-21-7-5-4-6-20(21)24-23(27)25-22(28)18-8-10-19(11-9-18)31(29,30)26-15-12-17(2)13-16-26/h4-11,17H,3,12-16H2,1-2H3,(H,24,25,28). The van der Waals surface area contributed by atoms with Crippen molar-refractivity contribution in [2.75, 3.05) is 18.4 Å². The Bertz CT molecular complexity index is 1180. The maximum atomic E-state index is 12.9. The molecule has 3 aromatic rings. The van der Waals surface area contributed by atoms with Gasteiger partial charge in [-0.05, 0) is 61.6 Å². The number of carbonyl (C=O) groups is 1. The van der Waals surface area contributed by atoms with E-state index in [0.717, 1.165) is 36.8 Å². The number of aryl methyl sites for hydroxylation is 1. The van der Waals surface area contributed by atoms with Crippen molar-refractivity contribution < 1.29 is 13.2 Å². The number of nitrogens with one attached hydrogen (secondary N) is 1. The molecule has 7 nitrogen and oxygen atoms in total. The van der Waals surface area contributed by atoms with Crippen molar-refractivity contribution in [2.45, 2.75) is 44.6 Å². The minimum absolute atomic E-state index is 0.219. The van der Waals surface area contributed by atoms with Gasteiger partial charge in [0.2, 0.25) is 16.0 Å². The van der Waals surface area contributed by atoms with Gasteiger partial charge in [-0.2, -0.15) is 4.31 Å². The van der Waals surface area contributed by atoms with Gasteiger partial charge in [-0.3, -0.25) is 10.1 Å². The zero-order valence-electron chi connectivity index (χ0n) is 17.9. The lowest BCUT2D eigenvalue weighted by Crippen LogP contribution is -2.37. The molecule has 1 aliphatic heterocycles. The number of nitrogens with zero attached hydrogens (tertiary/aromatic N) is 3. The van der Waals surface area contributed by atoms with Gasteiger partial charge < -0.3 is 4.57 Å². The summed E-state index contributed by atoms with van der Waals surface area (Å²) in [5.74, 6) is 0.727. The molecule has 1 aromatic heterocycles. The van der Waals surface area contributed by atoms with Crippen LogP contribution in [-0.2, 0) is 16.6 Å². The van der Waals surface area contributed by atoms with Gasteiger partial charge in [-0.15, -0.1) is 0 Å². The predicted octanol–water partition coefficient (Wildman–Crippen LogP) is 4.12. The van der Waals surface area contributed by atoms with Gasteiger partial charge in [0.1, 0.15) is 0 Å². The first kappa shape index (κ1) is 21.5. The van der Waals surface area contributed by atoms with Crippen molar-refractivity contribution in [1.29, 1.82) is 0 Å². The number of carbonyl (C=O) groups excluding carboxylic acids is 1. The van der Waals surface area contributed by atoms with Crippen LogP contribution in [0.25, 0.3) is 11.0 Å². The third-order valence-corrected chi connectivity index (χ3v) is 7.74. The molecule has 0 unspecified atom stereocenters. The molecule has 2 heterocycles. The van der Waals surface area contributed by atoms with Crippen LogP contribution >= 0.6 is 0 Å². The van der Waals surface area contributed by atoms with Crippen molar-refractivity contribution >= 4 is 32.9 Å². The van der Waals surface area contributed by atoms with E-state index in [4.69, 9.17) is 0 Å². The van der Waals surface area contributed by atoms with Crippen LogP contribution in [0.1, 0.15) is 43.5 Å². The molecule has 1 saturated heterocycles. The number of imidazole rings is 1. The van der Waals surface area contributed by atoms with E-state index in [-0.39, 0.29) is 10.8 Å². The first-order valence-electron chi connectivity index (χ1n) is 10.8. The second-order valence-corrected chi connectivity index (χ2v) is 10.1. The summed E-state index contributed by atoms with van der Waals surface area (Å²) in [4.78, 5) is 17.6. The fourth-order valence-corrected chi connectivity index (χ4v) is 5.42. The first-order chi connectivity index (χ1) is 14.9. The molecular weight excluding hydrogens is 412 g/mol. The second kappa shape index (κ2) is 8.80. The smallest absolute Gasteiger partial charge is 0.257 e. The Labute approximate surface area is 183 Å². The highest BCUT2D eigenvalue weighted by atomic mass is 32.2. The Morgan fingerprint density at radius 2 is 1.77 bits per heavy atom. The average molecular weight is 441 g/mol. The van der Waals surface area contributed by atoms with Crippen molar-refractivity contribution in [1.82, 2.24) is 13.9 Å². The molecule has 0 spiro atoms. The van der Waals surface area contributed by atoms with Crippen molar-refractivity contribution in [3.05, 3.63) is 54.1 Å². The van der Waals surface area contributed by atoms with Crippen molar-refractivity contribution in [3.63, 3.8) is 0 Å². The van der Waals surface area contributed by atoms with Gasteiger partial charge in [0.05, 0.1) is 15.9 Å². The number of benzene rings is 2. The molecule has 1 N–H and O–H groups in total. The fourth-order valence-electron chi connectivity index (χ4n) is 3.95. The quantitative estimate of drug-likeness (QED) is 0.625. The fraction of sp³-hybridized carbons (Fsp3) is 0.391. The minimum atomic E-state index is -3.53. The summed E-state index contributed by atoms with van der Waals surface area (Å²) in [7, 11) is -3.53. The Hall–Kier alpha value is -2.71. The summed E-state index contributed by atoms with van der Waals surface area (Å²) < 4.78 is 29.3. The topological polar surface area (TPSA) is 84.3 Å². The van der Waals surface area contributed by atoms with Crippen LogP contribution < -0.4 is 5.32 Å². The number of hydrogen-bond donors (Lipinski definition) is 1. The van der Waals surface area contributed by atoms with E-state index in [1.54, 1.807) is 12.1 Å². The number of fused-ring (bicyclic) bond motifs is 1. The maximum absolute atomic E-state index is 12.9. The van der Waals surface area contributed by atoms with Gasteiger partial charge in [0, 0.05) is 25.2 Å². The molecule has 1 fully saturated rings. The summed E-state index contributed by atoms with van der Waals surface area (Å²) in [5.41, 5.74) is 2.18. The molecule has 0 atom stereocenters. The number of hydrogen-bond acceptors (Lipinski definition) is 4. The molecule has 4 rings (SSSR count). The molecule has 1 amide bonds. The summed E-state index contributed by atoms with van der Waals surface area (Å²) in [6.07, 6.45) is 2.65. The van der Waals surface area contributed by atoms with E-state index in [1.165, 1.54) is 16.4 Å². The van der Waals surface area contributed by atoms with Crippen LogP contribution in [0.5, 0.6) is 0 Å². The third-order valence-electron chi connectivity index (χ3n) is 5.82. The zero-order valence-corrected chi connectivity index (χ0v) is 18.7. The van der Waals surface area contributed by atoms with Crippen LogP contribution in [0.15, 0.2) is 53.4 Å². The SMILES string of the molecule is CCCn1c(NC(=O)c2ccc(S(=O)(=O)N3CCC(C)CC3)cc2)nc2ccccc21. The number of piperidine rings is 1. The van der Waals surface area contributed by atoms with Crippen molar-refractivity contribution in [3.8, 4) is 0 Å². The minimum Gasteiger partial charge on any atom is -0.310 e. The lowest BCUT2D eigenvalue weighted by Gasteiger charge is -2.29. The summed E-state index contributed by atoms with van der Waals surface area (Å²) in [6.45, 7) is 6.04. The molecule has 2 aromatic carbocycles. The van der Waals surface area contributed by atoms with Crippen LogP contribution in [0.4, 0.5) is 5.95 Å². The van der Waals surface area contributed by atoms with E-state index in [1.807, 2.05) is 28.8 Å². The van der Waals surface area contributed by atoms with Crippen molar-refractivity contribution in [2.24, 2.45) is 5.92 Å². The highest BCUT2D eigenvalue weighted by Crippen LogP contribution is 2.24. The largest absolute Gasteiger partial charge is 0.310 e. The molecule has 164 valence electrons. The molecule has 0 bridgehead atoms. The molecule has 0 aliphatic carbocycles. The summed E-state index contributed by atoms with van der Waals surface area (Å²) >= 11 is 0. The Morgan fingerprint density at radius 3 is 2.45 bits per heavy atom. The van der Waals surface area contributed by atoms with Gasteiger partial charge in [-0.1, -0.05) is 26.0 Å². The van der Waals surface area contributed by atoms with Gasteiger partial charge in [0.25, 0.3) is 5.91 Å². The van der Waals surface area contributed by atoms with E-state index in [9.17, 15) is 13.2 Å². The molecule has 1 aliphatic rings. The second-order valence-electron chi connectivity index (χ2n) is 8.14. The van der Waals surface area contributed by atoms with Gasteiger partial charge in [-0.25, -0.2) is 13.4 Å². The van der Waals surface area contributed by atoms with Crippen LogP contribution in [0, 0.1) is 5.92 Å². The van der Waals surface area contributed by atoms with E-state index in [0.29, 0.717) is 30.5 Å². The lowest BCUT2D eigenvalue weighted by atomic mass is 10.0. The third kappa shape index (κ3) is 4.36. The van der Waals surface area contributed by atoms with Crippen LogP contribution in [-0.4, -0.2) is 41.3 Å². The molecule has 8 heteroatoms. The Kier molecular flexibility index (Phi) is 6.11. The number of rotatable bonds is 6. The number of aromatic nitrogens is 2. The highest BCUT2D eigenvalue weighted by Gasteiger charge is 2.28. The normalized spacial score (nSPS) is 15.9. The van der Waals surface area contributed by atoms with Crippen LogP contribution in [0.2, 0.25) is 0 Å². The number of para-hydroxylation sites is 2. The number of sulfonamides is 1. The van der Waals surface area contributed by atoms with Crippen LogP contribution in [0.3, 0.4) is 0 Å². The number of anilines is 1. The monoisotopic (exact) mass is 440 g/mol. The zero-order chi connectivity index (χ0) is 22.0. The van der Waals surface area contributed by atoms with E-state index in [2.05, 4.69) is 24.1 Å². The highest BCUT2D eigenvalue weighted by molar-refractivity contribution is 7.89. The first-order valence-corrected chi connectivity index (χ1v) is 12.2. The molecule has 31 heavy (non-hydrogen) atoms. The molecule has 0 radical (unpaired) electrons.